The number of carbonyl (C=O) groups is 4. The van der Waals surface area contributed by atoms with E-state index in [-0.39, 0.29) is 108 Å². The molecule has 6 N–H and O–H groups in total. The fraction of sp³-hybridized carbons (Fsp3) is 0.463. The van der Waals surface area contributed by atoms with Crippen LogP contribution in [0.1, 0.15) is 94.2 Å². The van der Waals surface area contributed by atoms with E-state index < -0.39 is 18.2 Å². The first-order valence-electron chi connectivity index (χ1n) is 19.1. The average Bonchev–Trinajstić information content (AvgIpc) is 3.66. The standard InChI is InChI=1S/C41H49N9O5.4H2S/c1-24(2)25(3)37(51)50-23-41(16-17-41)21-34(50)36-45-29-14-11-27(20-31(29)46-36)8-7-26-9-12-28(13-10-26)32-22-44-35(47-32)33-6-5-19-49(33)38(52)30(48-40(54)55-4)15-18-43-39(42)53;;;;/h9-14,20,22,24-25,30,33-34H,5-6,15-19,21,23H2,1-4H3,(H,44,47)(H,45,46)(H,48,54)(H3,42,43,53);4*1H2/t25-,30-,33-,34-;;;;/m0..../s1. The van der Waals surface area contributed by atoms with E-state index >= 15 is 0 Å². The van der Waals surface area contributed by atoms with Gasteiger partial charge in [-0.25, -0.2) is 19.6 Å². The van der Waals surface area contributed by atoms with Crippen LogP contribution in [0.25, 0.3) is 22.3 Å². The van der Waals surface area contributed by atoms with Gasteiger partial charge in [-0.15, -0.1) is 0 Å². The lowest BCUT2D eigenvalue weighted by Gasteiger charge is -2.28. The Morgan fingerprint density at radius 2 is 1.63 bits per heavy atom. The predicted octanol–water partition coefficient (Wildman–Crippen LogP) is 5.60. The van der Waals surface area contributed by atoms with Gasteiger partial charge in [0.25, 0.3) is 0 Å². The van der Waals surface area contributed by atoms with Gasteiger partial charge in [0.15, 0.2) is 0 Å². The number of methoxy groups -OCH3 is 1. The van der Waals surface area contributed by atoms with E-state index in [1.54, 1.807) is 11.1 Å². The van der Waals surface area contributed by atoms with Gasteiger partial charge in [-0.3, -0.25) is 9.59 Å². The lowest BCUT2D eigenvalue weighted by Crippen LogP contribution is -2.50. The lowest BCUT2D eigenvalue weighted by molar-refractivity contribution is -0.137. The molecule has 1 spiro atoms. The van der Waals surface area contributed by atoms with E-state index in [2.05, 4.69) is 56.2 Å². The summed E-state index contributed by atoms with van der Waals surface area (Å²) < 4.78 is 4.72. The van der Waals surface area contributed by atoms with Crippen LogP contribution in [0.5, 0.6) is 0 Å². The molecule has 7 rings (SSSR count). The molecule has 4 atom stereocenters. The van der Waals surface area contributed by atoms with Gasteiger partial charge in [0.2, 0.25) is 11.8 Å². The van der Waals surface area contributed by atoms with Gasteiger partial charge in [-0.1, -0.05) is 44.7 Å². The maximum atomic E-state index is 13.6. The van der Waals surface area contributed by atoms with Crippen LogP contribution in [0.3, 0.4) is 0 Å². The number of carbonyl (C=O) groups excluding carboxylic acids is 4. The molecule has 4 heterocycles. The lowest BCUT2D eigenvalue weighted by atomic mass is 9.96. The topological polar surface area (TPSA) is 191 Å². The number of hydrogen-bond donors (Lipinski definition) is 5. The molecule has 2 aromatic heterocycles. The summed E-state index contributed by atoms with van der Waals surface area (Å²) in [7, 11) is 1.23. The first-order valence-corrected chi connectivity index (χ1v) is 19.1. The van der Waals surface area contributed by atoms with Crippen molar-refractivity contribution in [2.24, 2.45) is 23.0 Å². The number of nitrogens with two attached hydrogens (primary N) is 1. The largest absolute Gasteiger partial charge is 0.453 e. The highest BCUT2D eigenvalue weighted by atomic mass is 32.1. The number of likely N-dealkylation sites (tertiary alicyclic amines) is 2. The van der Waals surface area contributed by atoms with Crippen molar-refractivity contribution in [2.75, 3.05) is 26.7 Å². The summed E-state index contributed by atoms with van der Waals surface area (Å²) in [4.78, 5) is 70.5. The fourth-order valence-electron chi connectivity index (χ4n) is 7.73. The second kappa shape index (κ2) is 20.7. The molecule has 1 aliphatic carbocycles. The van der Waals surface area contributed by atoms with Crippen molar-refractivity contribution in [3.63, 3.8) is 0 Å². The van der Waals surface area contributed by atoms with Crippen molar-refractivity contribution in [2.45, 2.75) is 77.4 Å². The number of rotatable bonds is 10. The third-order valence-corrected chi connectivity index (χ3v) is 11.5. The molecular weight excluding hydrogens is 827 g/mol. The van der Waals surface area contributed by atoms with Crippen LogP contribution in [0.15, 0.2) is 48.7 Å². The molecule has 0 unspecified atom stereocenters. The summed E-state index contributed by atoms with van der Waals surface area (Å²) in [6, 6.07) is 11.9. The number of alkyl carbamates (subject to hydrolysis) is 1. The second-order valence-corrected chi connectivity index (χ2v) is 15.5. The molecule has 320 valence electrons. The molecule has 2 aromatic carbocycles. The normalized spacial score (nSPS) is 18.3. The smallest absolute Gasteiger partial charge is 0.407 e. The molecule has 59 heavy (non-hydrogen) atoms. The van der Waals surface area contributed by atoms with Crippen LogP contribution >= 0.6 is 54.0 Å². The van der Waals surface area contributed by atoms with Crippen molar-refractivity contribution in [3.8, 4) is 23.1 Å². The van der Waals surface area contributed by atoms with Crippen molar-refractivity contribution in [1.29, 1.82) is 0 Å². The Kier molecular flexibility index (Phi) is 17.2. The Balaban J connectivity index is 0.00000233. The molecule has 0 radical (unpaired) electrons. The molecule has 18 heteroatoms. The van der Waals surface area contributed by atoms with Crippen molar-refractivity contribution < 1.29 is 23.9 Å². The molecule has 2 saturated heterocycles. The molecular formula is C41H57N9O5S4. The van der Waals surface area contributed by atoms with Crippen molar-refractivity contribution >= 4 is 89.0 Å². The van der Waals surface area contributed by atoms with Gasteiger partial charge in [0, 0.05) is 36.7 Å². The van der Waals surface area contributed by atoms with Gasteiger partial charge in [0.1, 0.15) is 17.7 Å². The first-order chi connectivity index (χ1) is 26.4. The number of urea groups is 1. The molecule has 14 nitrogen and oxygen atoms in total. The van der Waals surface area contributed by atoms with Gasteiger partial charge < -0.3 is 40.9 Å². The Morgan fingerprint density at radius 3 is 2.29 bits per heavy atom. The Morgan fingerprint density at radius 1 is 0.932 bits per heavy atom. The number of H-pyrrole nitrogens is 2. The number of primary amides is 1. The number of benzene rings is 2. The molecule has 4 aromatic rings. The van der Waals surface area contributed by atoms with E-state index in [4.69, 9.17) is 15.5 Å². The van der Waals surface area contributed by atoms with Crippen LogP contribution in [0.2, 0.25) is 0 Å². The predicted molar refractivity (Wildman–Crippen MR) is 248 cm³/mol. The van der Waals surface area contributed by atoms with Gasteiger partial charge in [-0.2, -0.15) is 54.0 Å². The number of nitrogens with one attached hydrogen (secondary N) is 4. The number of fused-ring (bicyclic) bond motifs is 1. The number of amides is 5. The minimum absolute atomic E-state index is 0. The molecule has 5 amide bonds. The number of hydrogen-bond acceptors (Lipinski definition) is 7. The van der Waals surface area contributed by atoms with Gasteiger partial charge in [0.05, 0.1) is 42.1 Å². The maximum absolute atomic E-state index is 13.6. The summed E-state index contributed by atoms with van der Waals surface area (Å²) >= 11 is 0. The third kappa shape index (κ3) is 11.0. The van der Waals surface area contributed by atoms with Gasteiger partial charge >= 0.3 is 12.1 Å². The van der Waals surface area contributed by atoms with E-state index in [0.717, 1.165) is 58.6 Å². The number of nitrogens with zero attached hydrogens (tertiary/aromatic N) is 4. The third-order valence-electron chi connectivity index (χ3n) is 11.5. The summed E-state index contributed by atoms with van der Waals surface area (Å²) in [6.07, 6.45) is 5.96. The van der Waals surface area contributed by atoms with Crippen LogP contribution in [-0.4, -0.2) is 86.5 Å². The monoisotopic (exact) mass is 883 g/mol. The highest BCUT2D eigenvalue weighted by molar-refractivity contribution is 7.59. The highest BCUT2D eigenvalue weighted by Crippen LogP contribution is 2.58. The van der Waals surface area contributed by atoms with Crippen LogP contribution in [0, 0.1) is 29.1 Å². The van der Waals surface area contributed by atoms with Crippen molar-refractivity contribution in [3.05, 3.63) is 71.4 Å². The van der Waals surface area contributed by atoms with E-state index in [0.29, 0.717) is 18.8 Å². The zero-order chi connectivity index (χ0) is 38.9. The van der Waals surface area contributed by atoms with E-state index in [1.807, 2.05) is 49.4 Å². The van der Waals surface area contributed by atoms with E-state index in [1.165, 1.54) is 20.0 Å². The summed E-state index contributed by atoms with van der Waals surface area (Å²) in [6.45, 7) is 7.68. The first kappa shape index (κ1) is 48.9. The minimum Gasteiger partial charge on any atom is -0.453 e. The SMILES string of the molecule is COC(=O)N[C@@H](CCNC(N)=O)C(=O)N1CCC[C@H]1c1ncc(-c2ccc(C#Cc3ccc4nc([C@@H]5CC6(CC6)CN5C(=O)[C@@H](C)C(C)C)[nH]c4c3)cc2)[nH]1.S.S.S.S. The Labute approximate surface area is 373 Å². The van der Waals surface area contributed by atoms with Crippen molar-refractivity contribution in [1.82, 2.24) is 40.4 Å². The summed E-state index contributed by atoms with van der Waals surface area (Å²) in [5, 5.41) is 5.04. The highest BCUT2D eigenvalue weighted by Gasteiger charge is 2.54. The number of aromatic amines is 2. The molecule has 1 saturated carbocycles. The quantitative estimate of drug-likeness (QED) is 0.128. The second-order valence-electron chi connectivity index (χ2n) is 15.5. The minimum atomic E-state index is -0.907. The molecule has 3 aliphatic rings. The van der Waals surface area contributed by atoms with E-state index in [9.17, 15) is 19.2 Å². The number of aromatic nitrogens is 4. The average molecular weight is 884 g/mol. The molecule has 0 bridgehead atoms. The molecule has 2 aliphatic heterocycles. The summed E-state index contributed by atoms with van der Waals surface area (Å²) in [5.74, 6) is 8.25. The number of ether oxygens (including phenoxy) is 1. The molecule has 3 fully saturated rings. The zero-order valence-corrected chi connectivity index (χ0v) is 37.8. The maximum Gasteiger partial charge on any atom is 0.407 e. The number of imidazole rings is 2. The van der Waals surface area contributed by atoms with Crippen LogP contribution < -0.4 is 16.4 Å². The summed E-state index contributed by atoms with van der Waals surface area (Å²) in [5.41, 5.74) is 10.6. The zero-order valence-electron chi connectivity index (χ0n) is 33.8. The van der Waals surface area contributed by atoms with Crippen LogP contribution in [0.4, 0.5) is 9.59 Å². The Hall–Kier alpha value is -4.44. The van der Waals surface area contributed by atoms with Crippen LogP contribution in [-0.2, 0) is 14.3 Å². The fourth-order valence-corrected chi connectivity index (χ4v) is 7.73. The van der Waals surface area contributed by atoms with Gasteiger partial charge in [-0.05, 0) is 85.8 Å². The Bertz CT molecular complexity index is 2160.